The number of piperidine rings is 1. The van der Waals surface area contributed by atoms with Crippen LogP contribution in [0.3, 0.4) is 0 Å². The van der Waals surface area contributed by atoms with Crippen LogP contribution in [0.2, 0.25) is 0 Å². The van der Waals surface area contributed by atoms with Crippen LogP contribution >= 0.6 is 0 Å². The van der Waals surface area contributed by atoms with E-state index in [4.69, 9.17) is 4.98 Å². The number of amides is 1. The summed E-state index contributed by atoms with van der Waals surface area (Å²) in [6.07, 6.45) is 9.89. The molecule has 1 N–H and O–H groups in total. The standard InChI is InChI=1S/C20H25N3O3/c24-18(23-9-1-2-15-7-8-20(15,23)19(25)26)13-5-6-16-14(10-13)11-21-17(22-16)12-3-4-12/h11-13,15H,1-10H2,(H,25,26)/t13?,15-,20+/m1/s1. The number of aromatic nitrogens is 2. The first-order valence-corrected chi connectivity index (χ1v) is 9.99. The molecule has 1 unspecified atom stereocenters. The van der Waals surface area contributed by atoms with E-state index in [9.17, 15) is 14.7 Å². The van der Waals surface area contributed by atoms with E-state index in [2.05, 4.69) is 4.98 Å². The number of aryl methyl sites for hydroxylation is 1. The second-order valence-electron chi connectivity index (χ2n) is 8.51. The third kappa shape index (κ3) is 2.30. The Morgan fingerprint density at radius 3 is 2.73 bits per heavy atom. The molecule has 0 aromatic carbocycles. The zero-order valence-corrected chi connectivity index (χ0v) is 15.0. The molecule has 0 radical (unpaired) electrons. The Labute approximate surface area is 153 Å². The minimum atomic E-state index is -0.929. The zero-order valence-electron chi connectivity index (χ0n) is 15.0. The number of likely N-dealkylation sites (tertiary alicyclic amines) is 1. The summed E-state index contributed by atoms with van der Waals surface area (Å²) in [5, 5.41) is 9.87. The number of hydrogen-bond acceptors (Lipinski definition) is 4. The van der Waals surface area contributed by atoms with Crippen LogP contribution in [-0.4, -0.2) is 43.9 Å². The number of fused-ring (bicyclic) bond motifs is 2. The highest BCUT2D eigenvalue weighted by molar-refractivity contribution is 5.90. The Bertz CT molecular complexity index is 776. The van der Waals surface area contributed by atoms with Crippen LogP contribution in [0.1, 0.15) is 67.9 Å². The molecule has 2 heterocycles. The Morgan fingerprint density at radius 1 is 1.19 bits per heavy atom. The number of rotatable bonds is 3. The van der Waals surface area contributed by atoms with Gasteiger partial charge in [-0.1, -0.05) is 0 Å². The third-order valence-corrected chi connectivity index (χ3v) is 7.06. The first-order chi connectivity index (χ1) is 12.6. The summed E-state index contributed by atoms with van der Waals surface area (Å²) in [6, 6.07) is 0. The average molecular weight is 355 g/mol. The fourth-order valence-electron chi connectivity index (χ4n) is 5.25. The number of nitrogens with zero attached hydrogens (tertiary/aromatic N) is 3. The zero-order chi connectivity index (χ0) is 17.9. The minimum Gasteiger partial charge on any atom is -0.479 e. The second kappa shape index (κ2) is 5.76. The lowest BCUT2D eigenvalue weighted by Gasteiger charge is -2.56. The largest absolute Gasteiger partial charge is 0.479 e. The van der Waals surface area contributed by atoms with Crippen molar-refractivity contribution in [2.45, 2.75) is 69.2 Å². The lowest BCUT2D eigenvalue weighted by Crippen LogP contribution is -2.69. The van der Waals surface area contributed by atoms with Crippen LogP contribution < -0.4 is 0 Å². The molecule has 1 aromatic rings. The number of aliphatic carboxylic acids is 1. The molecule has 0 spiro atoms. The van der Waals surface area contributed by atoms with E-state index < -0.39 is 11.5 Å². The topological polar surface area (TPSA) is 83.4 Å². The quantitative estimate of drug-likeness (QED) is 0.899. The van der Waals surface area contributed by atoms with Crippen LogP contribution in [0.5, 0.6) is 0 Å². The summed E-state index contributed by atoms with van der Waals surface area (Å²) in [4.78, 5) is 36.3. The predicted octanol–water partition coefficient (Wildman–Crippen LogP) is 2.31. The summed E-state index contributed by atoms with van der Waals surface area (Å²) in [5.41, 5.74) is 1.24. The number of carbonyl (C=O) groups excluding carboxylic acids is 1. The molecule has 0 bridgehead atoms. The van der Waals surface area contributed by atoms with Crippen molar-refractivity contribution < 1.29 is 14.7 Å². The first-order valence-electron chi connectivity index (χ1n) is 9.99. The van der Waals surface area contributed by atoms with E-state index in [1.54, 1.807) is 4.90 Å². The third-order valence-electron chi connectivity index (χ3n) is 7.06. The molecular weight excluding hydrogens is 330 g/mol. The molecule has 1 saturated heterocycles. The molecule has 2 saturated carbocycles. The van der Waals surface area contributed by atoms with Crippen LogP contribution in [0.4, 0.5) is 0 Å². The molecule has 1 aromatic heterocycles. The molecule has 6 nitrogen and oxygen atoms in total. The fourth-order valence-corrected chi connectivity index (χ4v) is 5.25. The van der Waals surface area contributed by atoms with E-state index in [-0.39, 0.29) is 17.7 Å². The van der Waals surface area contributed by atoms with Crippen molar-refractivity contribution in [3.8, 4) is 0 Å². The van der Waals surface area contributed by atoms with Crippen molar-refractivity contribution >= 4 is 11.9 Å². The number of hydrogen-bond donors (Lipinski definition) is 1. The molecule has 5 rings (SSSR count). The van der Waals surface area contributed by atoms with Gasteiger partial charge in [-0.25, -0.2) is 14.8 Å². The summed E-state index contributed by atoms with van der Waals surface area (Å²) < 4.78 is 0. The van der Waals surface area contributed by atoms with Gasteiger partial charge in [0.05, 0.1) is 0 Å². The maximum absolute atomic E-state index is 13.3. The smallest absolute Gasteiger partial charge is 0.329 e. The molecule has 3 aliphatic carbocycles. The van der Waals surface area contributed by atoms with Crippen LogP contribution in [-0.2, 0) is 22.4 Å². The van der Waals surface area contributed by atoms with Crippen molar-refractivity contribution in [3.05, 3.63) is 23.3 Å². The van der Waals surface area contributed by atoms with Gasteiger partial charge in [0.25, 0.3) is 0 Å². The van der Waals surface area contributed by atoms with Gasteiger partial charge in [-0.2, -0.15) is 0 Å². The highest BCUT2D eigenvalue weighted by Crippen LogP contribution is 2.50. The lowest BCUT2D eigenvalue weighted by atomic mass is 9.61. The number of carboxylic acids is 1. The summed E-state index contributed by atoms with van der Waals surface area (Å²) >= 11 is 0. The van der Waals surface area contributed by atoms with Gasteiger partial charge in [0.15, 0.2) is 0 Å². The molecular formula is C20H25N3O3. The van der Waals surface area contributed by atoms with Crippen LogP contribution in [0, 0.1) is 11.8 Å². The van der Waals surface area contributed by atoms with Crippen molar-refractivity contribution in [1.82, 2.24) is 14.9 Å². The summed E-state index contributed by atoms with van der Waals surface area (Å²) in [5.74, 6) is 0.737. The molecule has 1 amide bonds. The molecule has 26 heavy (non-hydrogen) atoms. The highest BCUT2D eigenvalue weighted by Gasteiger charge is 2.60. The maximum atomic E-state index is 13.3. The van der Waals surface area contributed by atoms with E-state index in [0.717, 1.165) is 49.2 Å². The van der Waals surface area contributed by atoms with Crippen molar-refractivity contribution in [2.75, 3.05) is 6.54 Å². The van der Waals surface area contributed by atoms with Gasteiger partial charge in [-0.05, 0) is 69.3 Å². The first kappa shape index (κ1) is 16.2. The van der Waals surface area contributed by atoms with E-state index in [1.165, 1.54) is 12.8 Å². The van der Waals surface area contributed by atoms with Crippen molar-refractivity contribution in [3.63, 3.8) is 0 Å². The molecule has 4 aliphatic rings. The van der Waals surface area contributed by atoms with Gasteiger partial charge in [0.2, 0.25) is 5.91 Å². The molecule has 1 aliphatic heterocycles. The van der Waals surface area contributed by atoms with Gasteiger partial charge in [-0.15, -0.1) is 0 Å². The average Bonchev–Trinajstić information content (AvgIpc) is 3.46. The number of carboxylic acid groups (broad SMARTS) is 1. The molecule has 138 valence electrons. The normalized spacial score (nSPS) is 33.0. The molecule has 3 atom stereocenters. The SMILES string of the molecule is O=C(C1CCc2nc(C3CC3)ncc2C1)N1CCC[C@@H]2CC[C@@]21C(=O)O. The second-order valence-corrected chi connectivity index (χ2v) is 8.51. The minimum absolute atomic E-state index is 0.0359. The Balaban J connectivity index is 1.37. The van der Waals surface area contributed by atoms with Gasteiger partial charge in [-0.3, -0.25) is 4.79 Å². The highest BCUT2D eigenvalue weighted by atomic mass is 16.4. The summed E-state index contributed by atoms with van der Waals surface area (Å²) in [7, 11) is 0. The monoisotopic (exact) mass is 355 g/mol. The van der Waals surface area contributed by atoms with E-state index in [1.807, 2.05) is 6.20 Å². The Hall–Kier alpha value is -1.98. The van der Waals surface area contributed by atoms with E-state index in [0.29, 0.717) is 25.3 Å². The van der Waals surface area contributed by atoms with Crippen LogP contribution in [0.15, 0.2) is 6.20 Å². The van der Waals surface area contributed by atoms with E-state index >= 15 is 0 Å². The molecule has 3 fully saturated rings. The Kier molecular flexibility index (Phi) is 3.59. The van der Waals surface area contributed by atoms with Gasteiger partial charge in [0, 0.05) is 30.3 Å². The van der Waals surface area contributed by atoms with Crippen molar-refractivity contribution in [2.24, 2.45) is 11.8 Å². The predicted molar refractivity (Wildman–Crippen MR) is 93.6 cm³/mol. The van der Waals surface area contributed by atoms with Crippen LogP contribution in [0.25, 0.3) is 0 Å². The Morgan fingerprint density at radius 2 is 2.04 bits per heavy atom. The summed E-state index contributed by atoms with van der Waals surface area (Å²) in [6.45, 7) is 0.585. The fraction of sp³-hybridized carbons (Fsp3) is 0.700. The molecule has 6 heteroatoms. The maximum Gasteiger partial charge on any atom is 0.329 e. The van der Waals surface area contributed by atoms with Gasteiger partial charge < -0.3 is 10.0 Å². The number of carbonyl (C=O) groups is 2. The van der Waals surface area contributed by atoms with Crippen molar-refractivity contribution in [1.29, 1.82) is 0 Å². The lowest BCUT2D eigenvalue weighted by molar-refractivity contribution is -0.181. The van der Waals surface area contributed by atoms with Gasteiger partial charge >= 0.3 is 5.97 Å². The van der Waals surface area contributed by atoms with Gasteiger partial charge in [0.1, 0.15) is 11.4 Å².